The van der Waals surface area contributed by atoms with Crippen LogP contribution in [0.2, 0.25) is 0 Å². The number of hydrogen-bond donors (Lipinski definition) is 1. The molecule has 1 N–H and O–H groups in total. The lowest BCUT2D eigenvalue weighted by Crippen LogP contribution is -2.41. The van der Waals surface area contributed by atoms with Gasteiger partial charge in [-0.3, -0.25) is 0 Å². The molecule has 1 aliphatic rings. The lowest BCUT2D eigenvalue weighted by molar-refractivity contribution is -0.0560. The van der Waals surface area contributed by atoms with Gasteiger partial charge >= 0.3 is 0 Å². The van der Waals surface area contributed by atoms with Crippen LogP contribution in [0.25, 0.3) is 0 Å². The van der Waals surface area contributed by atoms with Crippen molar-refractivity contribution in [2.75, 3.05) is 0 Å². The molecular weight excluding hydrogens is 184 g/mol. The molecule has 1 heteroatoms. The number of hydrogen-bond acceptors (Lipinski definition) is 1. The zero-order valence-corrected chi connectivity index (χ0v) is 10.9. The van der Waals surface area contributed by atoms with Crippen LogP contribution in [0.15, 0.2) is 0 Å². The second-order valence-corrected chi connectivity index (χ2v) is 5.97. The van der Waals surface area contributed by atoms with Gasteiger partial charge in [0.25, 0.3) is 0 Å². The highest BCUT2D eigenvalue weighted by Crippen LogP contribution is 2.42. The Hall–Kier alpha value is -0.0400. The molecule has 0 aliphatic heterocycles. The fourth-order valence-electron chi connectivity index (χ4n) is 2.90. The zero-order chi connectivity index (χ0) is 11.5. The highest BCUT2D eigenvalue weighted by molar-refractivity contribution is 4.89. The van der Waals surface area contributed by atoms with Crippen LogP contribution in [0.5, 0.6) is 0 Å². The van der Waals surface area contributed by atoms with Crippen LogP contribution in [0.3, 0.4) is 0 Å². The molecule has 1 aliphatic carbocycles. The minimum absolute atomic E-state index is 0.388. The maximum absolute atomic E-state index is 10.4. The molecule has 0 aromatic heterocycles. The topological polar surface area (TPSA) is 20.2 Å². The molecule has 1 saturated carbocycles. The molecule has 0 radical (unpaired) electrons. The lowest BCUT2D eigenvalue weighted by atomic mass is 9.67. The van der Waals surface area contributed by atoms with Gasteiger partial charge in [0, 0.05) is 0 Å². The quantitative estimate of drug-likeness (QED) is 0.747. The van der Waals surface area contributed by atoms with Gasteiger partial charge in [-0.2, -0.15) is 0 Å². The van der Waals surface area contributed by atoms with E-state index < -0.39 is 0 Å². The Bertz CT molecular complexity index is 184. The predicted molar refractivity (Wildman–Crippen MR) is 65.8 cm³/mol. The van der Waals surface area contributed by atoms with Crippen LogP contribution >= 0.6 is 0 Å². The van der Waals surface area contributed by atoms with Crippen molar-refractivity contribution < 1.29 is 5.11 Å². The molecule has 1 fully saturated rings. The summed E-state index contributed by atoms with van der Waals surface area (Å²) < 4.78 is 0. The van der Waals surface area contributed by atoms with Crippen molar-refractivity contribution in [2.24, 2.45) is 17.8 Å². The molecule has 0 saturated heterocycles. The lowest BCUT2D eigenvalue weighted by Gasteiger charge is -2.42. The monoisotopic (exact) mass is 212 g/mol. The molecule has 0 bridgehead atoms. The molecule has 0 heterocycles. The predicted octanol–water partition coefficient (Wildman–Crippen LogP) is 4.00. The number of rotatable bonds is 4. The Morgan fingerprint density at radius 1 is 1.40 bits per heavy atom. The molecule has 0 spiro atoms. The van der Waals surface area contributed by atoms with Gasteiger partial charge in [-0.25, -0.2) is 0 Å². The first-order chi connectivity index (χ1) is 6.97. The van der Waals surface area contributed by atoms with Gasteiger partial charge in [0.05, 0.1) is 5.60 Å². The van der Waals surface area contributed by atoms with Crippen molar-refractivity contribution in [3.05, 3.63) is 0 Å². The Labute approximate surface area is 95.3 Å². The first-order valence-corrected chi connectivity index (χ1v) is 6.69. The average Bonchev–Trinajstić information content (AvgIpc) is 2.15. The first kappa shape index (κ1) is 13.0. The van der Waals surface area contributed by atoms with Gasteiger partial charge in [-0.05, 0) is 50.4 Å². The van der Waals surface area contributed by atoms with Crippen LogP contribution in [0.4, 0.5) is 0 Å². The van der Waals surface area contributed by atoms with Crippen molar-refractivity contribution in [1.82, 2.24) is 0 Å². The Kier molecular flexibility index (Phi) is 4.64. The third kappa shape index (κ3) is 3.48. The van der Waals surface area contributed by atoms with E-state index in [9.17, 15) is 5.11 Å². The third-order valence-corrected chi connectivity index (χ3v) is 4.34. The maximum Gasteiger partial charge on any atom is 0.0648 e. The second-order valence-electron chi connectivity index (χ2n) is 5.97. The van der Waals surface area contributed by atoms with Crippen molar-refractivity contribution in [3.8, 4) is 0 Å². The molecule has 1 nitrogen and oxygen atoms in total. The molecule has 3 unspecified atom stereocenters. The Morgan fingerprint density at radius 2 is 2.07 bits per heavy atom. The normalized spacial score (nSPS) is 37.2. The molecule has 0 aromatic carbocycles. The molecule has 0 aromatic rings. The number of aliphatic hydroxyl groups is 1. The minimum Gasteiger partial charge on any atom is -0.390 e. The van der Waals surface area contributed by atoms with E-state index >= 15 is 0 Å². The highest BCUT2D eigenvalue weighted by Gasteiger charge is 2.38. The summed E-state index contributed by atoms with van der Waals surface area (Å²) >= 11 is 0. The number of unbranched alkanes of at least 4 members (excludes halogenated alkanes) is 1. The van der Waals surface area contributed by atoms with E-state index in [4.69, 9.17) is 0 Å². The first-order valence-electron chi connectivity index (χ1n) is 6.69. The van der Waals surface area contributed by atoms with E-state index in [2.05, 4.69) is 20.8 Å². The Morgan fingerprint density at radius 3 is 2.60 bits per heavy atom. The van der Waals surface area contributed by atoms with Crippen molar-refractivity contribution in [2.45, 2.75) is 71.8 Å². The van der Waals surface area contributed by atoms with Gasteiger partial charge in [0.2, 0.25) is 0 Å². The standard InChI is InChI=1S/C14H28O/c1-5-6-7-13-10-12(11(2)3)8-9-14(13,4)15/h11-13,15H,5-10H2,1-4H3. The van der Waals surface area contributed by atoms with Crippen molar-refractivity contribution in [1.29, 1.82) is 0 Å². The largest absolute Gasteiger partial charge is 0.390 e. The summed E-state index contributed by atoms with van der Waals surface area (Å²) in [6.45, 7) is 8.92. The van der Waals surface area contributed by atoms with Gasteiger partial charge in [0.15, 0.2) is 0 Å². The summed E-state index contributed by atoms with van der Waals surface area (Å²) in [5, 5.41) is 10.4. The van der Waals surface area contributed by atoms with Crippen molar-refractivity contribution >= 4 is 0 Å². The van der Waals surface area contributed by atoms with Crippen LogP contribution in [0.1, 0.15) is 66.2 Å². The summed E-state index contributed by atoms with van der Waals surface area (Å²) in [6.07, 6.45) is 7.19. The van der Waals surface area contributed by atoms with Gasteiger partial charge in [-0.15, -0.1) is 0 Å². The van der Waals surface area contributed by atoms with E-state index in [0.717, 1.165) is 18.3 Å². The second kappa shape index (κ2) is 5.34. The van der Waals surface area contributed by atoms with E-state index in [1.165, 1.54) is 32.1 Å². The molecule has 0 amide bonds. The molecular formula is C14H28O. The maximum atomic E-state index is 10.4. The van der Waals surface area contributed by atoms with Crippen LogP contribution in [0, 0.1) is 17.8 Å². The smallest absolute Gasteiger partial charge is 0.0648 e. The summed E-state index contributed by atoms with van der Waals surface area (Å²) in [5.74, 6) is 2.16. The molecule has 1 rings (SSSR count). The van der Waals surface area contributed by atoms with Crippen LogP contribution in [-0.2, 0) is 0 Å². The summed E-state index contributed by atoms with van der Waals surface area (Å²) in [6, 6.07) is 0. The fraction of sp³-hybridized carbons (Fsp3) is 1.00. The van der Waals surface area contributed by atoms with E-state index in [1.807, 2.05) is 6.92 Å². The summed E-state index contributed by atoms with van der Waals surface area (Å²) in [4.78, 5) is 0. The average molecular weight is 212 g/mol. The Balaban J connectivity index is 2.54. The van der Waals surface area contributed by atoms with E-state index in [-0.39, 0.29) is 5.60 Å². The fourth-order valence-corrected chi connectivity index (χ4v) is 2.90. The molecule has 15 heavy (non-hydrogen) atoms. The zero-order valence-electron chi connectivity index (χ0n) is 10.9. The highest BCUT2D eigenvalue weighted by atomic mass is 16.3. The van der Waals surface area contributed by atoms with Gasteiger partial charge in [0.1, 0.15) is 0 Å². The van der Waals surface area contributed by atoms with E-state index in [1.54, 1.807) is 0 Å². The van der Waals surface area contributed by atoms with Gasteiger partial charge in [-0.1, -0.05) is 33.6 Å². The van der Waals surface area contributed by atoms with Gasteiger partial charge < -0.3 is 5.11 Å². The summed E-state index contributed by atoms with van der Waals surface area (Å²) in [5.41, 5.74) is -0.388. The summed E-state index contributed by atoms with van der Waals surface area (Å²) in [7, 11) is 0. The third-order valence-electron chi connectivity index (χ3n) is 4.34. The molecule has 90 valence electrons. The molecule has 3 atom stereocenters. The minimum atomic E-state index is -0.388. The SMILES string of the molecule is CCCCC1CC(C(C)C)CCC1(C)O. The van der Waals surface area contributed by atoms with E-state index in [0.29, 0.717) is 5.92 Å². The van der Waals surface area contributed by atoms with Crippen LogP contribution < -0.4 is 0 Å². The van der Waals surface area contributed by atoms with Crippen LogP contribution in [-0.4, -0.2) is 10.7 Å². The van der Waals surface area contributed by atoms with Crippen molar-refractivity contribution in [3.63, 3.8) is 0 Å².